The predicted octanol–water partition coefficient (Wildman–Crippen LogP) is 3.55. The minimum Gasteiger partial charge on any atom is -0.311 e. The largest absolute Gasteiger partial charge is 0.311 e. The van der Waals surface area contributed by atoms with E-state index in [4.69, 9.17) is 11.6 Å². The van der Waals surface area contributed by atoms with Gasteiger partial charge in [0.2, 0.25) is 0 Å². The smallest absolute Gasteiger partial charge is 0.0605 e. The fourth-order valence-electron chi connectivity index (χ4n) is 2.05. The van der Waals surface area contributed by atoms with Crippen LogP contribution in [-0.4, -0.2) is 12.0 Å². The van der Waals surface area contributed by atoms with Crippen LogP contribution >= 0.6 is 11.6 Å². The van der Waals surface area contributed by atoms with Gasteiger partial charge in [-0.15, -0.1) is 0 Å². The van der Waals surface area contributed by atoms with E-state index < -0.39 is 0 Å². The van der Waals surface area contributed by atoms with Crippen LogP contribution < -0.4 is 5.32 Å². The molecule has 0 amide bonds. The summed E-state index contributed by atoms with van der Waals surface area (Å²) in [6.07, 6.45) is 2.75. The van der Waals surface area contributed by atoms with Crippen molar-refractivity contribution in [1.29, 1.82) is 0 Å². The zero-order valence-corrected chi connectivity index (χ0v) is 11.4. The second-order valence-corrected chi connectivity index (χ2v) is 4.81. The van der Waals surface area contributed by atoms with Crippen molar-refractivity contribution in [3.8, 4) is 0 Å². The molecule has 0 saturated heterocycles. The molecule has 0 aliphatic heterocycles. The van der Waals surface area contributed by atoms with Gasteiger partial charge in [0.25, 0.3) is 0 Å². The quantitative estimate of drug-likeness (QED) is 0.910. The Hall–Kier alpha value is -1.38. The van der Waals surface area contributed by atoms with Crippen molar-refractivity contribution in [3.63, 3.8) is 0 Å². The molecule has 1 atom stereocenters. The first kappa shape index (κ1) is 13.1. The maximum absolute atomic E-state index is 5.90. The molecule has 1 aromatic carbocycles. The molecule has 1 N–H and O–H groups in total. The summed E-state index contributed by atoms with van der Waals surface area (Å²) in [4.78, 5) is 4.47. The first-order valence-corrected chi connectivity index (χ1v) is 6.41. The Morgan fingerprint density at radius 3 is 2.56 bits per heavy atom. The molecular weight excluding hydrogens is 244 g/mol. The normalized spacial score (nSPS) is 12.4. The van der Waals surface area contributed by atoms with Crippen molar-refractivity contribution >= 4 is 11.6 Å². The van der Waals surface area contributed by atoms with Crippen molar-refractivity contribution < 1.29 is 0 Å². The lowest BCUT2D eigenvalue weighted by Gasteiger charge is -2.17. The Kier molecular flexibility index (Phi) is 4.34. The van der Waals surface area contributed by atoms with Gasteiger partial charge in [0.1, 0.15) is 0 Å². The van der Waals surface area contributed by atoms with E-state index >= 15 is 0 Å². The Labute approximate surface area is 113 Å². The molecule has 0 saturated carbocycles. The van der Waals surface area contributed by atoms with E-state index in [2.05, 4.69) is 35.4 Å². The zero-order chi connectivity index (χ0) is 13.0. The molecule has 18 heavy (non-hydrogen) atoms. The van der Waals surface area contributed by atoms with Gasteiger partial charge in [-0.25, -0.2) is 0 Å². The summed E-state index contributed by atoms with van der Waals surface area (Å²) in [5.74, 6) is 0. The molecular formula is C15H17ClN2. The van der Waals surface area contributed by atoms with E-state index in [-0.39, 0.29) is 6.04 Å². The van der Waals surface area contributed by atoms with Crippen molar-refractivity contribution in [2.75, 3.05) is 7.05 Å². The number of nitrogens with one attached hydrogen (secondary N) is 1. The highest BCUT2D eigenvalue weighted by Gasteiger charge is 2.13. The molecule has 2 rings (SSSR count). The number of likely N-dealkylation sites (N-methyl/N-ethyl adjacent to an activating group) is 1. The van der Waals surface area contributed by atoms with Crippen LogP contribution in [0.4, 0.5) is 0 Å². The molecule has 0 spiro atoms. The summed E-state index contributed by atoms with van der Waals surface area (Å²) in [7, 11) is 1.97. The second-order valence-electron chi connectivity index (χ2n) is 4.38. The van der Waals surface area contributed by atoms with Gasteiger partial charge in [0.05, 0.1) is 11.7 Å². The average molecular weight is 261 g/mol. The van der Waals surface area contributed by atoms with Crippen molar-refractivity contribution in [2.45, 2.75) is 19.4 Å². The highest BCUT2D eigenvalue weighted by molar-refractivity contribution is 6.30. The van der Waals surface area contributed by atoms with Crippen LogP contribution in [0.15, 0.2) is 42.6 Å². The van der Waals surface area contributed by atoms with E-state index in [1.807, 2.05) is 31.4 Å². The average Bonchev–Trinajstić information content (AvgIpc) is 2.39. The number of halogens is 1. The maximum Gasteiger partial charge on any atom is 0.0605 e. The van der Waals surface area contributed by atoms with Gasteiger partial charge in [-0.05, 0) is 49.7 Å². The van der Waals surface area contributed by atoms with Gasteiger partial charge in [0.15, 0.2) is 0 Å². The third-order valence-corrected chi connectivity index (χ3v) is 3.33. The second kappa shape index (κ2) is 5.98. The summed E-state index contributed by atoms with van der Waals surface area (Å²) in [5, 5.41) is 4.10. The van der Waals surface area contributed by atoms with Crippen LogP contribution in [0.2, 0.25) is 5.02 Å². The Morgan fingerprint density at radius 2 is 1.94 bits per heavy atom. The monoisotopic (exact) mass is 260 g/mol. The van der Waals surface area contributed by atoms with E-state index in [1.165, 1.54) is 11.1 Å². The minimum atomic E-state index is 0.229. The Bertz CT molecular complexity index is 508. The Morgan fingerprint density at radius 1 is 1.22 bits per heavy atom. The van der Waals surface area contributed by atoms with Crippen LogP contribution in [0.3, 0.4) is 0 Å². The number of aromatic nitrogens is 1. The van der Waals surface area contributed by atoms with Gasteiger partial charge < -0.3 is 5.32 Å². The van der Waals surface area contributed by atoms with Crippen LogP contribution in [0.5, 0.6) is 0 Å². The Balaban J connectivity index is 2.20. The molecule has 2 nitrogen and oxygen atoms in total. The lowest BCUT2D eigenvalue weighted by atomic mass is 10.0. The third kappa shape index (κ3) is 3.09. The van der Waals surface area contributed by atoms with E-state index in [9.17, 15) is 0 Å². The fourth-order valence-corrected chi connectivity index (χ4v) is 2.18. The number of hydrogen-bond donors (Lipinski definition) is 1. The first-order valence-electron chi connectivity index (χ1n) is 6.04. The molecule has 0 aliphatic carbocycles. The van der Waals surface area contributed by atoms with Crippen LogP contribution in [0.1, 0.15) is 22.9 Å². The SMILES string of the molecule is CNC(Cc1ccc(Cl)cc1)c1ncccc1C. The molecule has 94 valence electrons. The zero-order valence-electron chi connectivity index (χ0n) is 10.7. The molecule has 0 bridgehead atoms. The molecule has 2 aromatic rings. The van der Waals surface area contributed by atoms with Crippen LogP contribution in [0, 0.1) is 6.92 Å². The highest BCUT2D eigenvalue weighted by atomic mass is 35.5. The number of rotatable bonds is 4. The highest BCUT2D eigenvalue weighted by Crippen LogP contribution is 2.20. The minimum absolute atomic E-state index is 0.229. The summed E-state index contributed by atoms with van der Waals surface area (Å²) < 4.78 is 0. The van der Waals surface area contributed by atoms with E-state index in [0.29, 0.717) is 0 Å². The molecule has 1 aromatic heterocycles. The topological polar surface area (TPSA) is 24.9 Å². The third-order valence-electron chi connectivity index (χ3n) is 3.08. The van der Waals surface area contributed by atoms with Gasteiger partial charge in [0, 0.05) is 11.2 Å². The summed E-state index contributed by atoms with van der Waals surface area (Å²) in [6, 6.07) is 12.3. The lowest BCUT2D eigenvalue weighted by Crippen LogP contribution is -2.21. The molecule has 0 fully saturated rings. The van der Waals surface area contributed by atoms with Gasteiger partial charge in [-0.3, -0.25) is 4.98 Å². The van der Waals surface area contributed by atoms with Crippen molar-refractivity contribution in [2.24, 2.45) is 0 Å². The molecule has 0 aliphatic rings. The molecule has 1 heterocycles. The summed E-state index contributed by atoms with van der Waals surface area (Å²) in [5.41, 5.74) is 3.57. The number of nitrogens with zero attached hydrogens (tertiary/aromatic N) is 1. The van der Waals surface area contributed by atoms with Crippen LogP contribution in [-0.2, 0) is 6.42 Å². The van der Waals surface area contributed by atoms with Crippen molar-refractivity contribution in [3.05, 3.63) is 64.4 Å². The lowest BCUT2D eigenvalue weighted by molar-refractivity contribution is 0.572. The van der Waals surface area contributed by atoms with Gasteiger partial charge in [-0.2, -0.15) is 0 Å². The number of benzene rings is 1. The maximum atomic E-state index is 5.90. The van der Waals surface area contributed by atoms with Crippen LogP contribution in [0.25, 0.3) is 0 Å². The predicted molar refractivity (Wildman–Crippen MR) is 75.9 cm³/mol. The molecule has 3 heteroatoms. The van der Waals surface area contributed by atoms with Crippen molar-refractivity contribution in [1.82, 2.24) is 10.3 Å². The number of pyridine rings is 1. The van der Waals surface area contributed by atoms with E-state index in [0.717, 1.165) is 17.1 Å². The van der Waals surface area contributed by atoms with Gasteiger partial charge >= 0.3 is 0 Å². The first-order chi connectivity index (χ1) is 8.70. The fraction of sp³-hybridized carbons (Fsp3) is 0.267. The van der Waals surface area contributed by atoms with E-state index in [1.54, 1.807) is 0 Å². The molecule has 1 unspecified atom stereocenters. The standard InChI is InChI=1S/C15H17ClN2/c1-11-4-3-9-18-15(11)14(17-2)10-12-5-7-13(16)8-6-12/h3-9,14,17H,10H2,1-2H3. The molecule has 0 radical (unpaired) electrons. The van der Waals surface area contributed by atoms with Gasteiger partial charge in [-0.1, -0.05) is 29.8 Å². The summed E-state index contributed by atoms with van der Waals surface area (Å²) >= 11 is 5.90. The number of hydrogen-bond acceptors (Lipinski definition) is 2. The number of aryl methyl sites for hydroxylation is 1. The summed E-state index contributed by atoms with van der Waals surface area (Å²) in [6.45, 7) is 2.09.